The predicted octanol–water partition coefficient (Wildman–Crippen LogP) is 2.67. The van der Waals surface area contributed by atoms with Crippen LogP contribution in [0.5, 0.6) is 5.75 Å². The monoisotopic (exact) mass is 554 g/mol. The molecule has 9 nitrogen and oxygen atoms in total. The van der Waals surface area contributed by atoms with Crippen molar-refractivity contribution in [2.75, 3.05) is 26.7 Å². The number of fused-ring (bicyclic) bond motifs is 3. The first-order chi connectivity index (χ1) is 19.9. The molecule has 2 N–H and O–H groups in total. The summed E-state index contributed by atoms with van der Waals surface area (Å²) in [7, 11) is 1.62. The van der Waals surface area contributed by atoms with Crippen LogP contribution in [0.25, 0.3) is 0 Å². The van der Waals surface area contributed by atoms with Gasteiger partial charge in [0.1, 0.15) is 18.4 Å². The zero-order valence-corrected chi connectivity index (χ0v) is 23.0. The van der Waals surface area contributed by atoms with Crippen LogP contribution >= 0.6 is 0 Å². The highest BCUT2D eigenvalue weighted by Crippen LogP contribution is 2.23. The maximum atomic E-state index is 13.5. The van der Waals surface area contributed by atoms with E-state index in [0.717, 1.165) is 5.56 Å². The molecule has 2 aliphatic rings. The average molecular weight is 555 g/mol. The van der Waals surface area contributed by atoms with Gasteiger partial charge in [0.15, 0.2) is 0 Å². The number of carbonyl (C=O) groups excluding carboxylic acids is 4. The highest BCUT2D eigenvalue weighted by atomic mass is 16.5. The number of amides is 4. The Morgan fingerprint density at radius 3 is 2.46 bits per heavy atom. The summed E-state index contributed by atoms with van der Waals surface area (Å²) in [6.07, 6.45) is 0.943. The SMILES string of the molecule is CN1C(=O)c2cccc(c2)OC[C@@H]2C[C@@H](NC(=O)c3ccccc3)CN2C(=O)CCNC(=O)[C@@H]1Cc1ccccc1. The number of likely N-dealkylation sites (N-methyl/N-ethyl adjacent to an activating group) is 1. The number of carbonyl (C=O) groups is 4. The Labute approximate surface area is 239 Å². The van der Waals surface area contributed by atoms with Gasteiger partial charge in [0.25, 0.3) is 11.8 Å². The van der Waals surface area contributed by atoms with Crippen molar-refractivity contribution in [3.63, 3.8) is 0 Å². The molecule has 3 aromatic carbocycles. The Bertz CT molecular complexity index is 1400. The molecule has 0 radical (unpaired) electrons. The Morgan fingerprint density at radius 2 is 1.71 bits per heavy atom. The number of nitrogens with zero attached hydrogens (tertiary/aromatic N) is 2. The molecule has 0 aliphatic carbocycles. The van der Waals surface area contributed by atoms with Gasteiger partial charge in [-0.25, -0.2) is 0 Å². The lowest BCUT2D eigenvalue weighted by atomic mass is 10.0. The summed E-state index contributed by atoms with van der Waals surface area (Å²) in [5.41, 5.74) is 1.87. The third-order valence-electron chi connectivity index (χ3n) is 7.63. The van der Waals surface area contributed by atoms with Crippen molar-refractivity contribution in [3.8, 4) is 5.75 Å². The van der Waals surface area contributed by atoms with Gasteiger partial charge < -0.3 is 25.2 Å². The minimum absolute atomic E-state index is 0.0884. The third kappa shape index (κ3) is 6.74. The van der Waals surface area contributed by atoms with Crippen molar-refractivity contribution in [2.45, 2.75) is 37.4 Å². The van der Waals surface area contributed by atoms with Crippen molar-refractivity contribution < 1.29 is 23.9 Å². The van der Waals surface area contributed by atoms with E-state index in [4.69, 9.17) is 4.74 Å². The fourth-order valence-corrected chi connectivity index (χ4v) is 5.40. The van der Waals surface area contributed by atoms with Crippen molar-refractivity contribution in [2.24, 2.45) is 0 Å². The molecular formula is C32H34N4O5. The van der Waals surface area contributed by atoms with Gasteiger partial charge in [-0.2, -0.15) is 0 Å². The van der Waals surface area contributed by atoms with Gasteiger partial charge in [0, 0.05) is 50.1 Å². The van der Waals surface area contributed by atoms with E-state index in [1.807, 2.05) is 36.4 Å². The Morgan fingerprint density at radius 1 is 0.976 bits per heavy atom. The second kappa shape index (κ2) is 12.7. The molecule has 2 bridgehead atoms. The maximum Gasteiger partial charge on any atom is 0.254 e. The molecule has 3 aromatic rings. The van der Waals surface area contributed by atoms with E-state index in [0.29, 0.717) is 36.3 Å². The molecule has 2 aliphatic heterocycles. The van der Waals surface area contributed by atoms with Gasteiger partial charge in [0.05, 0.1) is 6.04 Å². The minimum atomic E-state index is -0.771. The quantitative estimate of drug-likeness (QED) is 0.516. The number of rotatable bonds is 4. The van der Waals surface area contributed by atoms with Crippen LogP contribution in [0.3, 0.4) is 0 Å². The van der Waals surface area contributed by atoms with Crippen LogP contribution in [0, 0.1) is 0 Å². The van der Waals surface area contributed by atoms with E-state index in [-0.39, 0.29) is 55.3 Å². The molecule has 2 heterocycles. The highest BCUT2D eigenvalue weighted by Gasteiger charge is 2.37. The zero-order chi connectivity index (χ0) is 28.8. The summed E-state index contributed by atoms with van der Waals surface area (Å²) in [5, 5.41) is 5.92. The second-order valence-corrected chi connectivity index (χ2v) is 10.5. The first kappa shape index (κ1) is 27.9. The van der Waals surface area contributed by atoms with Gasteiger partial charge in [-0.15, -0.1) is 0 Å². The highest BCUT2D eigenvalue weighted by molar-refractivity contribution is 5.98. The van der Waals surface area contributed by atoms with E-state index in [2.05, 4.69) is 10.6 Å². The van der Waals surface area contributed by atoms with Crippen LogP contribution in [-0.2, 0) is 16.0 Å². The molecule has 0 aromatic heterocycles. The van der Waals surface area contributed by atoms with E-state index in [1.165, 1.54) is 4.90 Å². The Kier molecular flexibility index (Phi) is 8.62. The van der Waals surface area contributed by atoms with Gasteiger partial charge >= 0.3 is 0 Å². The summed E-state index contributed by atoms with van der Waals surface area (Å²) in [6, 6.07) is 24.0. The van der Waals surface area contributed by atoms with Crippen LogP contribution in [0.2, 0.25) is 0 Å². The summed E-state index contributed by atoms with van der Waals surface area (Å²) in [4.78, 5) is 56.2. The summed E-state index contributed by atoms with van der Waals surface area (Å²) >= 11 is 0. The lowest BCUT2D eigenvalue weighted by Gasteiger charge is -2.28. The van der Waals surface area contributed by atoms with Crippen LogP contribution in [0.1, 0.15) is 39.1 Å². The molecular weight excluding hydrogens is 520 g/mol. The molecule has 0 unspecified atom stereocenters. The lowest BCUT2D eigenvalue weighted by Crippen LogP contribution is -2.49. The number of benzene rings is 3. The van der Waals surface area contributed by atoms with Crippen molar-refractivity contribution in [1.82, 2.24) is 20.4 Å². The van der Waals surface area contributed by atoms with Crippen LogP contribution in [0.4, 0.5) is 0 Å². The third-order valence-corrected chi connectivity index (χ3v) is 7.63. The number of hydrogen-bond donors (Lipinski definition) is 2. The normalized spacial score (nSPS) is 21.7. The fourth-order valence-electron chi connectivity index (χ4n) is 5.40. The van der Waals surface area contributed by atoms with E-state index < -0.39 is 6.04 Å². The van der Waals surface area contributed by atoms with E-state index in [9.17, 15) is 19.2 Å². The zero-order valence-electron chi connectivity index (χ0n) is 23.0. The first-order valence-corrected chi connectivity index (χ1v) is 13.9. The van der Waals surface area contributed by atoms with Crippen molar-refractivity contribution in [1.29, 1.82) is 0 Å². The average Bonchev–Trinajstić information content (AvgIpc) is 3.41. The van der Waals surface area contributed by atoms with E-state index in [1.54, 1.807) is 60.5 Å². The molecule has 0 saturated carbocycles. The van der Waals surface area contributed by atoms with Crippen LogP contribution in [0.15, 0.2) is 84.9 Å². The smallest absolute Gasteiger partial charge is 0.254 e. The molecule has 0 spiro atoms. The topological polar surface area (TPSA) is 108 Å². The maximum absolute atomic E-state index is 13.5. The Hall–Kier alpha value is -4.66. The minimum Gasteiger partial charge on any atom is -0.491 e. The van der Waals surface area contributed by atoms with Crippen molar-refractivity contribution in [3.05, 3.63) is 102 Å². The molecule has 41 heavy (non-hydrogen) atoms. The number of hydrogen-bond acceptors (Lipinski definition) is 5. The molecule has 212 valence electrons. The lowest BCUT2D eigenvalue weighted by molar-refractivity contribution is -0.132. The van der Waals surface area contributed by atoms with Gasteiger partial charge in [-0.05, 0) is 42.3 Å². The molecule has 1 fully saturated rings. The summed E-state index contributed by atoms with van der Waals surface area (Å²) in [6.45, 7) is 0.682. The second-order valence-electron chi connectivity index (χ2n) is 10.5. The number of ether oxygens (including phenoxy) is 1. The molecule has 4 amide bonds. The van der Waals surface area contributed by atoms with Crippen LogP contribution in [-0.4, -0.2) is 78.3 Å². The largest absolute Gasteiger partial charge is 0.491 e. The van der Waals surface area contributed by atoms with Gasteiger partial charge in [-0.3, -0.25) is 19.2 Å². The summed E-state index contributed by atoms with van der Waals surface area (Å²) in [5.74, 6) is -0.469. The molecule has 3 atom stereocenters. The molecule has 5 rings (SSSR count). The Balaban J connectivity index is 1.36. The van der Waals surface area contributed by atoms with Gasteiger partial charge in [-0.1, -0.05) is 54.6 Å². The molecule has 1 saturated heterocycles. The van der Waals surface area contributed by atoms with Gasteiger partial charge in [0.2, 0.25) is 11.8 Å². The standard InChI is InChI=1S/C32H34N4O5/c1-35-28(17-22-9-4-2-5-10-22)31(39)33-16-15-29(37)36-20-25(34-30(38)23-11-6-3-7-12-23)19-26(36)21-41-27-14-8-13-24(18-27)32(35)40/h2-14,18,25-26,28H,15-17,19-21H2,1H3,(H,33,39)(H,34,38)/t25-,26+,28+/m1/s1. The predicted molar refractivity (Wildman–Crippen MR) is 153 cm³/mol. The number of nitrogens with one attached hydrogen (secondary N) is 2. The molecule has 9 heteroatoms. The fraction of sp³-hybridized carbons (Fsp3) is 0.312. The van der Waals surface area contributed by atoms with Crippen LogP contribution < -0.4 is 15.4 Å². The van der Waals surface area contributed by atoms with E-state index >= 15 is 0 Å². The van der Waals surface area contributed by atoms with Crippen molar-refractivity contribution >= 4 is 23.6 Å². The first-order valence-electron chi connectivity index (χ1n) is 13.9. The summed E-state index contributed by atoms with van der Waals surface area (Å²) < 4.78 is 6.09.